The summed E-state index contributed by atoms with van der Waals surface area (Å²) in [5, 5.41) is 2.54. The first-order valence-corrected chi connectivity index (χ1v) is 21.6. The van der Waals surface area contributed by atoms with Crippen LogP contribution in [0.2, 0.25) is 0 Å². The molecule has 0 aliphatic heterocycles. The fourth-order valence-electron chi connectivity index (χ4n) is 5.72. The molecule has 0 aromatic carbocycles. The number of carbonyl (C=O) groups is 12. The number of amides is 11. The van der Waals surface area contributed by atoms with Crippen molar-refractivity contribution in [2.24, 2.45) is 11.8 Å². The van der Waals surface area contributed by atoms with E-state index in [1.807, 2.05) is 0 Å². The minimum atomic E-state index is -0.731. The van der Waals surface area contributed by atoms with Gasteiger partial charge >= 0.3 is 0 Å². The molecule has 66 heavy (non-hydrogen) atoms. The Bertz CT molecular complexity index is 1770. The van der Waals surface area contributed by atoms with Gasteiger partial charge in [0.1, 0.15) is 0 Å². The predicted octanol–water partition coefficient (Wildman–Crippen LogP) is -2.87. The van der Waals surface area contributed by atoms with E-state index >= 15 is 0 Å². The molecule has 0 aromatic heterocycles. The molecule has 0 aliphatic carbocycles. The first-order chi connectivity index (χ1) is 30.4. The number of hydrogen-bond acceptors (Lipinski definition) is 12. The molecule has 0 rings (SSSR count). The van der Waals surface area contributed by atoms with Gasteiger partial charge in [0.25, 0.3) is 0 Å². The molecule has 0 bridgehead atoms. The topological polar surface area (TPSA) is 249 Å². The highest BCUT2D eigenvalue weighted by Crippen LogP contribution is 2.08. The van der Waals surface area contributed by atoms with Crippen LogP contribution >= 0.6 is 0 Å². The SMILES string of the molecule is CC(C)CCCC(=O)N(C)CC(=O)N(C)CC(=O)N(C)CC(=O)N(C)CC(=O)N(C)CC(=O)N(C)CC(=O)N(C)CC(=O)N(C)CC(=O)N(C)CC(=O)N(C)CC(=O)N[C@@H](C)C(=O)C(C)C. The maximum Gasteiger partial charge on any atom is 0.242 e. The third kappa shape index (κ3) is 22.2. The van der Waals surface area contributed by atoms with Crippen molar-refractivity contribution in [2.45, 2.75) is 59.9 Å². The van der Waals surface area contributed by atoms with Crippen LogP contribution in [0.4, 0.5) is 0 Å². The zero-order valence-electron chi connectivity index (χ0n) is 41.8. The lowest BCUT2D eigenvalue weighted by molar-refractivity contribution is -0.146. The minimum absolute atomic E-state index is 0.161. The molecule has 0 radical (unpaired) electrons. The summed E-state index contributed by atoms with van der Waals surface area (Å²) < 4.78 is 0. The average molecular weight is 938 g/mol. The second-order valence-electron chi connectivity index (χ2n) is 17.6. The molecule has 0 heterocycles. The van der Waals surface area contributed by atoms with Gasteiger partial charge in [0, 0.05) is 82.8 Å². The first-order valence-electron chi connectivity index (χ1n) is 21.6. The van der Waals surface area contributed by atoms with Crippen molar-refractivity contribution in [2.75, 3.05) is 136 Å². The van der Waals surface area contributed by atoms with E-state index in [4.69, 9.17) is 0 Å². The Morgan fingerprint density at radius 2 is 0.545 bits per heavy atom. The van der Waals surface area contributed by atoms with E-state index in [9.17, 15) is 57.5 Å². The van der Waals surface area contributed by atoms with Crippen molar-refractivity contribution >= 4 is 70.8 Å². The Balaban J connectivity index is 4.90. The summed E-state index contributed by atoms with van der Waals surface area (Å²) in [4.78, 5) is 163. The van der Waals surface area contributed by atoms with Crippen molar-refractivity contribution in [1.82, 2.24) is 54.3 Å². The molecule has 0 saturated heterocycles. The van der Waals surface area contributed by atoms with Crippen LogP contribution in [-0.2, 0) is 57.5 Å². The Labute approximate surface area is 389 Å². The monoisotopic (exact) mass is 938 g/mol. The summed E-state index contributed by atoms with van der Waals surface area (Å²) in [5.74, 6) is -5.94. The zero-order valence-corrected chi connectivity index (χ0v) is 41.8. The van der Waals surface area contributed by atoms with Crippen molar-refractivity contribution in [3.63, 3.8) is 0 Å². The number of likely N-dealkylation sites (N-methyl/N-ethyl adjacent to an activating group) is 10. The molecular weight excluding hydrogens is 863 g/mol. The van der Waals surface area contributed by atoms with Crippen LogP contribution in [0.3, 0.4) is 0 Å². The van der Waals surface area contributed by atoms with Crippen LogP contribution in [-0.4, -0.2) is 262 Å². The van der Waals surface area contributed by atoms with Gasteiger partial charge in [0.15, 0.2) is 5.78 Å². The molecule has 11 amide bonds. The third-order valence-corrected chi connectivity index (χ3v) is 10.5. The Kier molecular flexibility index (Phi) is 26.0. The zero-order chi connectivity index (χ0) is 51.3. The highest BCUT2D eigenvalue weighted by molar-refractivity contribution is 5.95. The molecule has 0 saturated carbocycles. The highest BCUT2D eigenvalue weighted by Gasteiger charge is 2.27. The summed E-state index contributed by atoms with van der Waals surface area (Å²) in [6.07, 6.45) is 1.91. The Morgan fingerprint density at radius 3 is 0.758 bits per heavy atom. The van der Waals surface area contributed by atoms with Gasteiger partial charge in [-0.15, -0.1) is 0 Å². The first kappa shape index (κ1) is 59.8. The normalized spacial score (nSPS) is 11.2. The molecule has 23 nitrogen and oxygen atoms in total. The summed E-state index contributed by atoms with van der Waals surface area (Å²) in [5.41, 5.74) is 0. The van der Waals surface area contributed by atoms with Crippen LogP contribution in [0.15, 0.2) is 0 Å². The third-order valence-electron chi connectivity index (χ3n) is 10.5. The number of nitrogens with one attached hydrogen (secondary N) is 1. The molecule has 1 N–H and O–H groups in total. The number of rotatable bonds is 27. The summed E-state index contributed by atoms with van der Waals surface area (Å²) in [6.45, 7) is 5.17. The highest BCUT2D eigenvalue weighted by atomic mass is 16.2. The Hall–Kier alpha value is -6.16. The van der Waals surface area contributed by atoms with Gasteiger partial charge in [0.05, 0.1) is 71.5 Å². The van der Waals surface area contributed by atoms with E-state index in [0.29, 0.717) is 18.8 Å². The van der Waals surface area contributed by atoms with E-state index in [-0.39, 0.29) is 37.2 Å². The second kappa shape index (κ2) is 28.7. The summed E-state index contributed by atoms with van der Waals surface area (Å²) in [6, 6.07) is -0.731. The molecule has 0 spiro atoms. The van der Waals surface area contributed by atoms with Crippen molar-refractivity contribution in [1.29, 1.82) is 0 Å². The predicted molar refractivity (Wildman–Crippen MR) is 243 cm³/mol. The fraction of sp³-hybridized carbons (Fsp3) is 0.721. The molecule has 0 aromatic rings. The molecule has 23 heteroatoms. The average Bonchev–Trinajstić information content (AvgIpc) is 3.22. The lowest BCUT2D eigenvalue weighted by Crippen LogP contribution is -2.49. The summed E-state index contributed by atoms with van der Waals surface area (Å²) >= 11 is 0. The van der Waals surface area contributed by atoms with Gasteiger partial charge in [-0.2, -0.15) is 0 Å². The van der Waals surface area contributed by atoms with Crippen LogP contribution in [0.25, 0.3) is 0 Å². The minimum Gasteiger partial charge on any atom is -0.345 e. The second-order valence-corrected chi connectivity index (χ2v) is 17.6. The van der Waals surface area contributed by atoms with E-state index in [1.165, 1.54) is 75.4 Å². The lowest BCUT2D eigenvalue weighted by atomic mass is 10.0. The van der Waals surface area contributed by atoms with Gasteiger partial charge in [-0.25, -0.2) is 0 Å². The van der Waals surface area contributed by atoms with Gasteiger partial charge < -0.3 is 54.3 Å². The van der Waals surface area contributed by atoms with Gasteiger partial charge in [-0.05, 0) is 19.3 Å². The van der Waals surface area contributed by atoms with Crippen LogP contribution in [0.1, 0.15) is 53.9 Å². The van der Waals surface area contributed by atoms with Crippen LogP contribution in [0.5, 0.6) is 0 Å². The van der Waals surface area contributed by atoms with Crippen molar-refractivity contribution in [3.8, 4) is 0 Å². The lowest BCUT2D eigenvalue weighted by Gasteiger charge is -2.27. The smallest absolute Gasteiger partial charge is 0.242 e. The standard InChI is InChI=1S/C43H75N11O12/c1-29(2)17-16-18-33(56)46(7)20-35(58)48(9)22-37(60)50(11)24-39(62)52(13)26-41(64)54(15)28-42(65)53(14)27-40(63)51(12)25-38(61)49(10)23-36(59)47(8)21-34(57)45(6)19-32(55)44-31(5)43(66)30(3)4/h29-31H,16-28H2,1-15H3,(H,44,55)/t31-/m0/s1. The largest absolute Gasteiger partial charge is 0.345 e. The quantitative estimate of drug-likeness (QED) is 0.0874. The van der Waals surface area contributed by atoms with E-state index < -0.39 is 111 Å². The number of nitrogens with zero attached hydrogens (tertiary/aromatic N) is 10. The Morgan fingerprint density at radius 1 is 0.333 bits per heavy atom. The van der Waals surface area contributed by atoms with Crippen molar-refractivity contribution < 1.29 is 57.5 Å². The van der Waals surface area contributed by atoms with Gasteiger partial charge in [-0.1, -0.05) is 34.1 Å². The fourth-order valence-corrected chi connectivity index (χ4v) is 5.72. The number of carbonyl (C=O) groups excluding carboxylic acids is 12. The number of ketones is 1. The van der Waals surface area contributed by atoms with E-state index in [1.54, 1.807) is 20.8 Å². The van der Waals surface area contributed by atoms with E-state index in [0.717, 1.165) is 50.5 Å². The molecule has 374 valence electrons. The number of Topliss-reactive ketones (excluding diaryl/α,β-unsaturated/α-hetero) is 1. The molecule has 0 fully saturated rings. The maximum absolute atomic E-state index is 12.9. The van der Waals surface area contributed by atoms with Crippen LogP contribution in [0, 0.1) is 11.8 Å². The van der Waals surface area contributed by atoms with Crippen molar-refractivity contribution in [3.05, 3.63) is 0 Å². The van der Waals surface area contributed by atoms with Crippen LogP contribution < -0.4 is 5.32 Å². The molecule has 0 aliphatic rings. The summed E-state index contributed by atoms with van der Waals surface area (Å²) in [7, 11) is 13.7. The molecule has 0 unspecified atom stereocenters. The van der Waals surface area contributed by atoms with Gasteiger partial charge in [-0.3, -0.25) is 57.5 Å². The van der Waals surface area contributed by atoms with E-state index in [2.05, 4.69) is 19.2 Å². The molecular formula is C43H75N11O12. The molecule has 1 atom stereocenters. The number of hydrogen-bond donors (Lipinski definition) is 1. The van der Waals surface area contributed by atoms with Gasteiger partial charge in [0.2, 0.25) is 65.0 Å². The maximum atomic E-state index is 12.9.